The fourth-order valence-corrected chi connectivity index (χ4v) is 2.94. The normalized spacial score (nSPS) is 15.8. The van der Waals surface area contributed by atoms with E-state index >= 15 is 0 Å². The Balaban J connectivity index is 1.79. The van der Waals surface area contributed by atoms with Gasteiger partial charge in [-0.2, -0.15) is 5.10 Å². The summed E-state index contributed by atoms with van der Waals surface area (Å²) in [6, 6.07) is 3.65. The van der Waals surface area contributed by atoms with Gasteiger partial charge in [0, 0.05) is 26.0 Å². The first-order valence-corrected chi connectivity index (χ1v) is 8.18. The molecule has 0 unspecified atom stereocenters. The number of carbonyl (C=O) groups is 2. The zero-order valence-corrected chi connectivity index (χ0v) is 14.1. The number of hydrogen-bond donors (Lipinski definition) is 1. The maximum Gasteiger partial charge on any atom is 0.290 e. The molecule has 9 heteroatoms. The standard InChI is InChI=1S/C15H16N6O2S/c1-3-21-11(5-7-17-21)9-20(2)14-16-6-4-10(18-14)8-12-13(22)19-15(23)24-12/h4-8H,3,9H2,1-2H3,(H,19,22,23)/b12-8+. The second kappa shape index (κ2) is 6.83. The maximum atomic E-state index is 11.6. The lowest BCUT2D eigenvalue weighted by molar-refractivity contribution is -0.115. The minimum atomic E-state index is -0.398. The van der Waals surface area contributed by atoms with Crippen molar-refractivity contribution in [3.63, 3.8) is 0 Å². The summed E-state index contributed by atoms with van der Waals surface area (Å²) in [5.74, 6) is 0.133. The van der Waals surface area contributed by atoms with Gasteiger partial charge in [0.15, 0.2) is 0 Å². The Morgan fingerprint density at radius 3 is 2.88 bits per heavy atom. The van der Waals surface area contributed by atoms with Crippen LogP contribution >= 0.6 is 11.8 Å². The Kier molecular flexibility index (Phi) is 4.61. The van der Waals surface area contributed by atoms with Gasteiger partial charge >= 0.3 is 0 Å². The number of thioether (sulfide) groups is 1. The Hall–Kier alpha value is -2.68. The highest BCUT2D eigenvalue weighted by Crippen LogP contribution is 2.25. The van der Waals surface area contributed by atoms with E-state index < -0.39 is 5.91 Å². The molecule has 1 N–H and O–H groups in total. The van der Waals surface area contributed by atoms with Crippen molar-refractivity contribution in [2.75, 3.05) is 11.9 Å². The first-order chi connectivity index (χ1) is 11.6. The zero-order chi connectivity index (χ0) is 17.1. The number of aromatic nitrogens is 4. The minimum Gasteiger partial charge on any atom is -0.338 e. The summed E-state index contributed by atoms with van der Waals surface area (Å²) < 4.78 is 1.91. The van der Waals surface area contributed by atoms with Crippen molar-refractivity contribution in [2.45, 2.75) is 20.0 Å². The summed E-state index contributed by atoms with van der Waals surface area (Å²) in [6.45, 7) is 3.44. The van der Waals surface area contributed by atoms with Crippen LogP contribution in [-0.4, -0.2) is 37.9 Å². The van der Waals surface area contributed by atoms with Gasteiger partial charge in [-0.3, -0.25) is 19.6 Å². The van der Waals surface area contributed by atoms with Gasteiger partial charge in [-0.15, -0.1) is 0 Å². The van der Waals surface area contributed by atoms with Crippen LogP contribution in [-0.2, 0) is 17.9 Å². The third-order valence-corrected chi connectivity index (χ3v) is 4.24. The van der Waals surface area contributed by atoms with Crippen LogP contribution in [0.5, 0.6) is 0 Å². The topological polar surface area (TPSA) is 93.0 Å². The highest BCUT2D eigenvalue weighted by Gasteiger charge is 2.25. The van der Waals surface area contributed by atoms with Crippen molar-refractivity contribution in [1.29, 1.82) is 0 Å². The smallest absolute Gasteiger partial charge is 0.290 e. The van der Waals surface area contributed by atoms with Crippen molar-refractivity contribution < 1.29 is 9.59 Å². The Bertz CT molecular complexity index is 816. The molecule has 3 heterocycles. The molecule has 1 saturated heterocycles. The molecule has 0 aliphatic carbocycles. The number of carbonyl (C=O) groups excluding carboxylic acids is 2. The molecule has 0 saturated carbocycles. The number of amides is 2. The van der Waals surface area contributed by atoms with Crippen molar-refractivity contribution in [3.8, 4) is 0 Å². The van der Waals surface area contributed by atoms with Gasteiger partial charge < -0.3 is 4.90 Å². The first kappa shape index (κ1) is 16.2. The molecule has 0 atom stereocenters. The number of anilines is 1. The molecule has 3 rings (SSSR count). The molecule has 1 fully saturated rings. The summed E-state index contributed by atoms with van der Waals surface area (Å²) in [6.07, 6.45) is 4.98. The quantitative estimate of drug-likeness (QED) is 0.824. The molecular weight excluding hydrogens is 328 g/mol. The molecule has 2 aromatic rings. The molecular formula is C15H16N6O2S. The minimum absolute atomic E-state index is 0.330. The van der Waals surface area contributed by atoms with Crippen LogP contribution in [0, 0.1) is 0 Å². The SMILES string of the molecule is CCn1nccc1CN(C)c1nccc(/C=C2/SC(=O)NC2=O)n1. The number of nitrogens with zero attached hydrogens (tertiary/aromatic N) is 5. The van der Waals surface area contributed by atoms with Crippen LogP contribution < -0.4 is 10.2 Å². The maximum absolute atomic E-state index is 11.6. The van der Waals surface area contributed by atoms with E-state index in [2.05, 4.69) is 20.4 Å². The molecule has 8 nitrogen and oxygen atoms in total. The van der Waals surface area contributed by atoms with Crippen LogP contribution in [0.25, 0.3) is 6.08 Å². The van der Waals surface area contributed by atoms with E-state index in [1.165, 1.54) is 0 Å². The predicted octanol–water partition coefficient (Wildman–Crippen LogP) is 1.65. The third kappa shape index (κ3) is 3.46. The van der Waals surface area contributed by atoms with E-state index in [1.807, 2.05) is 29.6 Å². The van der Waals surface area contributed by atoms with Crippen molar-refractivity contribution in [3.05, 3.63) is 40.8 Å². The Morgan fingerprint density at radius 1 is 1.33 bits per heavy atom. The van der Waals surface area contributed by atoms with Crippen molar-refractivity contribution in [2.24, 2.45) is 0 Å². The third-order valence-electron chi connectivity index (χ3n) is 3.43. The molecule has 1 aliphatic heterocycles. The molecule has 0 aromatic carbocycles. The van der Waals surface area contributed by atoms with E-state index in [9.17, 15) is 9.59 Å². The zero-order valence-electron chi connectivity index (χ0n) is 13.3. The van der Waals surface area contributed by atoms with Gasteiger partial charge in [-0.25, -0.2) is 9.97 Å². The summed E-state index contributed by atoms with van der Waals surface area (Å²) in [5.41, 5.74) is 1.63. The fourth-order valence-electron chi connectivity index (χ4n) is 2.27. The summed E-state index contributed by atoms with van der Waals surface area (Å²) in [4.78, 5) is 33.7. The Morgan fingerprint density at radius 2 is 2.17 bits per heavy atom. The Labute approximate surface area is 143 Å². The van der Waals surface area contributed by atoms with Crippen LogP contribution in [0.4, 0.5) is 10.7 Å². The van der Waals surface area contributed by atoms with E-state index in [4.69, 9.17) is 0 Å². The molecule has 0 radical (unpaired) electrons. The molecule has 2 amide bonds. The van der Waals surface area contributed by atoms with Crippen LogP contribution in [0.1, 0.15) is 18.3 Å². The first-order valence-electron chi connectivity index (χ1n) is 7.36. The van der Waals surface area contributed by atoms with E-state index in [1.54, 1.807) is 24.5 Å². The van der Waals surface area contributed by atoms with Crippen LogP contribution in [0.2, 0.25) is 0 Å². The van der Waals surface area contributed by atoms with E-state index in [0.717, 1.165) is 24.0 Å². The second-order valence-corrected chi connectivity index (χ2v) is 6.14. The van der Waals surface area contributed by atoms with E-state index in [0.29, 0.717) is 23.1 Å². The highest BCUT2D eigenvalue weighted by molar-refractivity contribution is 8.18. The van der Waals surface area contributed by atoms with Crippen molar-refractivity contribution >= 4 is 34.9 Å². The van der Waals surface area contributed by atoms with Gasteiger partial charge in [-0.05, 0) is 36.9 Å². The number of aryl methyl sites for hydroxylation is 1. The molecule has 0 spiro atoms. The molecule has 0 bridgehead atoms. The van der Waals surface area contributed by atoms with Crippen molar-refractivity contribution in [1.82, 2.24) is 25.1 Å². The average Bonchev–Trinajstić information content (AvgIpc) is 3.13. The van der Waals surface area contributed by atoms with Gasteiger partial charge in [0.05, 0.1) is 22.8 Å². The molecule has 1 aliphatic rings. The largest absolute Gasteiger partial charge is 0.338 e. The number of nitrogens with one attached hydrogen (secondary N) is 1. The molecule has 24 heavy (non-hydrogen) atoms. The summed E-state index contributed by atoms with van der Waals surface area (Å²) in [7, 11) is 1.89. The lowest BCUT2D eigenvalue weighted by Gasteiger charge is -2.17. The van der Waals surface area contributed by atoms with Gasteiger partial charge in [0.25, 0.3) is 11.1 Å². The monoisotopic (exact) mass is 344 g/mol. The number of hydrogen-bond acceptors (Lipinski definition) is 7. The van der Waals surface area contributed by atoms with E-state index in [-0.39, 0.29) is 5.24 Å². The summed E-state index contributed by atoms with van der Waals surface area (Å²) >= 11 is 0.867. The average molecular weight is 344 g/mol. The number of imide groups is 1. The van der Waals surface area contributed by atoms with Gasteiger partial charge in [0.1, 0.15) is 0 Å². The highest BCUT2D eigenvalue weighted by atomic mass is 32.2. The summed E-state index contributed by atoms with van der Waals surface area (Å²) in [5, 5.41) is 6.09. The van der Waals surface area contributed by atoms with Gasteiger partial charge in [0.2, 0.25) is 5.95 Å². The fraction of sp³-hybridized carbons (Fsp3) is 0.267. The molecule has 124 valence electrons. The van der Waals surface area contributed by atoms with Gasteiger partial charge in [-0.1, -0.05) is 0 Å². The molecule has 2 aromatic heterocycles. The predicted molar refractivity (Wildman–Crippen MR) is 91.1 cm³/mol. The number of rotatable bonds is 5. The second-order valence-electron chi connectivity index (χ2n) is 5.13. The van der Waals surface area contributed by atoms with Crippen LogP contribution in [0.3, 0.4) is 0 Å². The lowest BCUT2D eigenvalue weighted by atomic mass is 10.3. The van der Waals surface area contributed by atoms with Crippen LogP contribution in [0.15, 0.2) is 29.4 Å². The lowest BCUT2D eigenvalue weighted by Crippen LogP contribution is -2.21.